The molecule has 5 heteroatoms. The number of rotatable bonds is 3. The van der Waals surface area contributed by atoms with Gasteiger partial charge in [-0.05, 0) is 46.0 Å². The Morgan fingerprint density at radius 1 is 1.15 bits per heavy atom. The first-order valence-corrected chi connectivity index (χ1v) is 8.87. The summed E-state index contributed by atoms with van der Waals surface area (Å²) >= 11 is 1.56. The van der Waals surface area contributed by atoms with Gasteiger partial charge in [-0.3, -0.25) is 0 Å². The van der Waals surface area contributed by atoms with Gasteiger partial charge in [0.2, 0.25) is 10.0 Å². The van der Waals surface area contributed by atoms with Crippen molar-refractivity contribution in [2.45, 2.75) is 13.0 Å². The predicted octanol–water partition coefficient (Wildman–Crippen LogP) is 3.11. The van der Waals surface area contributed by atoms with Crippen molar-refractivity contribution in [2.24, 2.45) is 0 Å². The third-order valence-electron chi connectivity index (χ3n) is 3.43. The Morgan fingerprint density at radius 3 is 2.70 bits per heavy atom. The summed E-state index contributed by atoms with van der Waals surface area (Å²) in [7, 11) is -3.34. The van der Waals surface area contributed by atoms with Gasteiger partial charge in [0.25, 0.3) is 0 Å². The zero-order valence-electron chi connectivity index (χ0n) is 10.9. The van der Waals surface area contributed by atoms with Crippen molar-refractivity contribution in [1.82, 2.24) is 4.31 Å². The van der Waals surface area contributed by atoms with E-state index in [0.29, 0.717) is 13.1 Å². The molecule has 0 saturated carbocycles. The van der Waals surface area contributed by atoms with Gasteiger partial charge in [-0.2, -0.15) is 15.6 Å². The molecule has 0 aliphatic carbocycles. The third-order valence-corrected chi connectivity index (χ3v) is 5.64. The van der Waals surface area contributed by atoms with Crippen LogP contribution in [0.2, 0.25) is 0 Å². The summed E-state index contributed by atoms with van der Waals surface area (Å²) in [6, 6.07) is 9.93. The van der Waals surface area contributed by atoms with Gasteiger partial charge < -0.3 is 0 Å². The van der Waals surface area contributed by atoms with Crippen LogP contribution in [0.15, 0.2) is 46.5 Å². The number of hydrogen-bond donors (Lipinski definition) is 0. The highest BCUT2D eigenvalue weighted by atomic mass is 32.2. The van der Waals surface area contributed by atoms with Crippen LogP contribution in [0, 0.1) is 0 Å². The lowest BCUT2D eigenvalue weighted by atomic mass is 10.0. The van der Waals surface area contributed by atoms with E-state index in [0.717, 1.165) is 17.5 Å². The van der Waals surface area contributed by atoms with Crippen molar-refractivity contribution in [1.29, 1.82) is 0 Å². The lowest BCUT2D eigenvalue weighted by Crippen LogP contribution is -2.34. The minimum absolute atomic E-state index is 0.465. The van der Waals surface area contributed by atoms with Crippen molar-refractivity contribution >= 4 is 27.4 Å². The largest absolute Gasteiger partial charge is 0.236 e. The van der Waals surface area contributed by atoms with E-state index in [1.54, 1.807) is 17.4 Å². The topological polar surface area (TPSA) is 37.4 Å². The third kappa shape index (κ3) is 2.85. The van der Waals surface area contributed by atoms with E-state index in [1.807, 2.05) is 35.0 Å². The molecule has 0 atom stereocenters. The molecule has 0 fully saturated rings. The van der Waals surface area contributed by atoms with Crippen molar-refractivity contribution in [3.8, 4) is 0 Å². The standard InChI is InChI=1S/C15H15NO2S2/c17-20(18,10-7-13-6-9-19-12-13)16-8-5-14-3-1-2-4-15(14)11-16/h1-4,6-7,9-10,12H,5,8,11H2/b10-7+. The number of benzene rings is 1. The summed E-state index contributed by atoms with van der Waals surface area (Å²) in [6.45, 7) is 1.01. The first kappa shape index (κ1) is 13.5. The number of hydrogen-bond acceptors (Lipinski definition) is 3. The second kappa shape index (κ2) is 5.52. The molecular weight excluding hydrogens is 290 g/mol. The Kier molecular flexibility index (Phi) is 3.74. The molecule has 1 aromatic carbocycles. The van der Waals surface area contributed by atoms with Crippen LogP contribution in [0.3, 0.4) is 0 Å². The highest BCUT2D eigenvalue weighted by molar-refractivity contribution is 7.92. The summed E-state index contributed by atoms with van der Waals surface area (Å²) in [6.07, 6.45) is 2.44. The van der Waals surface area contributed by atoms with Gasteiger partial charge in [-0.15, -0.1) is 0 Å². The van der Waals surface area contributed by atoms with Crippen LogP contribution in [0.1, 0.15) is 16.7 Å². The highest BCUT2D eigenvalue weighted by Crippen LogP contribution is 2.22. The maximum atomic E-state index is 12.3. The highest BCUT2D eigenvalue weighted by Gasteiger charge is 2.24. The SMILES string of the molecule is O=S(=O)(/C=C/c1ccsc1)N1CCc2ccccc2C1. The summed E-state index contributed by atoms with van der Waals surface area (Å²) in [5.41, 5.74) is 3.28. The van der Waals surface area contributed by atoms with Gasteiger partial charge >= 0.3 is 0 Å². The maximum Gasteiger partial charge on any atom is 0.236 e. The molecule has 1 aliphatic heterocycles. The van der Waals surface area contributed by atoms with E-state index in [1.165, 1.54) is 15.3 Å². The van der Waals surface area contributed by atoms with Crippen LogP contribution >= 0.6 is 11.3 Å². The lowest BCUT2D eigenvalue weighted by Gasteiger charge is -2.26. The lowest BCUT2D eigenvalue weighted by molar-refractivity contribution is 0.397. The van der Waals surface area contributed by atoms with Gasteiger partial charge in [0.1, 0.15) is 0 Å². The molecule has 0 radical (unpaired) electrons. The van der Waals surface area contributed by atoms with Crippen LogP contribution in [0.4, 0.5) is 0 Å². The van der Waals surface area contributed by atoms with Crippen LogP contribution in [0.25, 0.3) is 6.08 Å². The first-order chi connectivity index (χ1) is 9.65. The average Bonchev–Trinajstić information content (AvgIpc) is 2.98. The maximum absolute atomic E-state index is 12.3. The Morgan fingerprint density at radius 2 is 1.95 bits per heavy atom. The first-order valence-electron chi connectivity index (χ1n) is 6.42. The Balaban J connectivity index is 1.80. The van der Waals surface area contributed by atoms with Crippen LogP contribution < -0.4 is 0 Å². The van der Waals surface area contributed by atoms with Gasteiger partial charge in [0.05, 0.1) is 0 Å². The second-order valence-electron chi connectivity index (χ2n) is 4.76. The number of fused-ring (bicyclic) bond motifs is 1. The van der Waals surface area contributed by atoms with Crippen LogP contribution in [-0.2, 0) is 23.0 Å². The van der Waals surface area contributed by atoms with E-state index < -0.39 is 10.0 Å². The van der Waals surface area contributed by atoms with E-state index in [4.69, 9.17) is 0 Å². The van der Waals surface area contributed by atoms with E-state index in [9.17, 15) is 8.42 Å². The summed E-state index contributed by atoms with van der Waals surface area (Å²) in [4.78, 5) is 0. The molecule has 2 aromatic rings. The monoisotopic (exact) mass is 305 g/mol. The Hall–Kier alpha value is -1.43. The number of nitrogens with zero attached hydrogens (tertiary/aromatic N) is 1. The summed E-state index contributed by atoms with van der Waals surface area (Å²) in [5, 5.41) is 5.17. The smallest absolute Gasteiger partial charge is 0.207 e. The normalized spacial score (nSPS) is 16.4. The molecular formula is C15H15NO2S2. The molecule has 1 aromatic heterocycles. The molecule has 0 N–H and O–H groups in total. The van der Waals surface area contributed by atoms with Gasteiger partial charge in [-0.1, -0.05) is 24.3 Å². The molecule has 0 unspecified atom stereocenters. The molecule has 104 valence electrons. The van der Waals surface area contributed by atoms with E-state index in [-0.39, 0.29) is 0 Å². The van der Waals surface area contributed by atoms with Crippen molar-refractivity contribution < 1.29 is 8.42 Å². The molecule has 1 aliphatic rings. The van der Waals surface area contributed by atoms with E-state index in [2.05, 4.69) is 6.07 Å². The molecule has 3 rings (SSSR count). The Labute approximate surface area is 123 Å². The zero-order valence-corrected chi connectivity index (χ0v) is 12.5. The quantitative estimate of drug-likeness (QED) is 0.874. The summed E-state index contributed by atoms with van der Waals surface area (Å²) in [5.74, 6) is 0. The molecule has 0 saturated heterocycles. The zero-order chi connectivity index (χ0) is 14.0. The van der Waals surface area contributed by atoms with E-state index >= 15 is 0 Å². The molecule has 0 spiro atoms. The van der Waals surface area contributed by atoms with Crippen molar-refractivity contribution in [3.63, 3.8) is 0 Å². The minimum atomic E-state index is -3.34. The van der Waals surface area contributed by atoms with Gasteiger partial charge in [0.15, 0.2) is 0 Å². The van der Waals surface area contributed by atoms with Crippen molar-refractivity contribution in [3.05, 3.63) is 63.2 Å². The number of thiophene rings is 1. The predicted molar refractivity (Wildman–Crippen MR) is 82.8 cm³/mol. The van der Waals surface area contributed by atoms with Crippen molar-refractivity contribution in [2.75, 3.05) is 6.54 Å². The fourth-order valence-electron chi connectivity index (χ4n) is 2.31. The average molecular weight is 305 g/mol. The fraction of sp³-hybridized carbons (Fsp3) is 0.200. The molecule has 0 bridgehead atoms. The molecule has 0 amide bonds. The van der Waals surface area contributed by atoms with Crippen LogP contribution in [0.5, 0.6) is 0 Å². The molecule has 2 heterocycles. The van der Waals surface area contributed by atoms with Crippen LogP contribution in [-0.4, -0.2) is 19.3 Å². The van der Waals surface area contributed by atoms with Gasteiger partial charge in [-0.25, -0.2) is 8.42 Å². The Bertz CT molecular complexity index is 718. The second-order valence-corrected chi connectivity index (χ2v) is 7.36. The van der Waals surface area contributed by atoms with Gasteiger partial charge in [0, 0.05) is 18.5 Å². The minimum Gasteiger partial charge on any atom is -0.207 e. The number of sulfonamides is 1. The fourth-order valence-corrected chi connectivity index (χ4v) is 4.10. The molecule has 20 heavy (non-hydrogen) atoms. The molecule has 3 nitrogen and oxygen atoms in total. The summed E-state index contributed by atoms with van der Waals surface area (Å²) < 4.78 is 26.2.